The van der Waals surface area contributed by atoms with Crippen LogP contribution in [0.3, 0.4) is 0 Å². The van der Waals surface area contributed by atoms with Crippen LogP contribution in [-0.2, 0) is 16.0 Å². The fraction of sp³-hybridized carbons (Fsp3) is 0.435. The van der Waals surface area contributed by atoms with Crippen molar-refractivity contribution in [3.63, 3.8) is 0 Å². The number of aromatic nitrogens is 1. The second-order valence-corrected chi connectivity index (χ2v) is 8.06. The van der Waals surface area contributed by atoms with Crippen molar-refractivity contribution in [2.45, 2.75) is 37.8 Å². The quantitative estimate of drug-likeness (QED) is 0.677. The molecular formula is C23H29N5O2. The minimum atomic E-state index is -0.275. The van der Waals surface area contributed by atoms with E-state index < -0.39 is 0 Å². The van der Waals surface area contributed by atoms with Gasteiger partial charge in [0.15, 0.2) is 0 Å². The van der Waals surface area contributed by atoms with E-state index in [0.717, 1.165) is 24.8 Å². The van der Waals surface area contributed by atoms with Crippen LogP contribution in [0.25, 0.3) is 0 Å². The fourth-order valence-electron chi connectivity index (χ4n) is 4.26. The second kappa shape index (κ2) is 9.82. The molecule has 30 heavy (non-hydrogen) atoms. The standard InChI is InChI=1S/C23H29N5O2/c29-22(25-13-8-17-5-2-1-3-6-17)19-7-4-14-28(16-19)23(30)21-15-20(26-27-21)18-9-11-24-12-10-18/h1-3,5-6,9-12,19-21,26-27H,4,7-8,13-16H2,(H,25,29). The number of likely N-dealkylation sites (tertiary alicyclic amines) is 1. The predicted octanol–water partition coefficient (Wildman–Crippen LogP) is 1.59. The Labute approximate surface area is 177 Å². The molecule has 1 aromatic heterocycles. The molecule has 1 aromatic carbocycles. The Morgan fingerprint density at radius 1 is 1.10 bits per heavy atom. The zero-order chi connectivity index (χ0) is 20.8. The van der Waals surface area contributed by atoms with Crippen LogP contribution < -0.4 is 16.2 Å². The minimum absolute atomic E-state index is 0.0515. The summed E-state index contributed by atoms with van der Waals surface area (Å²) in [5.74, 6) is -0.0136. The average Bonchev–Trinajstić information content (AvgIpc) is 3.30. The lowest BCUT2D eigenvalue weighted by molar-refractivity contribution is -0.137. The number of carbonyl (C=O) groups is 2. The molecule has 0 saturated carbocycles. The molecule has 2 aromatic rings. The van der Waals surface area contributed by atoms with E-state index in [1.54, 1.807) is 12.4 Å². The monoisotopic (exact) mass is 407 g/mol. The van der Waals surface area contributed by atoms with Gasteiger partial charge in [-0.2, -0.15) is 0 Å². The van der Waals surface area contributed by atoms with Gasteiger partial charge in [0, 0.05) is 38.1 Å². The Bertz CT molecular complexity index is 845. The Morgan fingerprint density at radius 3 is 2.70 bits per heavy atom. The smallest absolute Gasteiger partial charge is 0.241 e. The van der Waals surface area contributed by atoms with Gasteiger partial charge in [-0.25, -0.2) is 10.9 Å². The number of hydrogen-bond acceptors (Lipinski definition) is 5. The first-order chi connectivity index (χ1) is 14.7. The number of rotatable bonds is 6. The van der Waals surface area contributed by atoms with Gasteiger partial charge < -0.3 is 10.2 Å². The molecule has 0 bridgehead atoms. The van der Waals surface area contributed by atoms with Crippen molar-refractivity contribution in [3.05, 3.63) is 66.0 Å². The molecule has 7 nitrogen and oxygen atoms in total. The van der Waals surface area contributed by atoms with Gasteiger partial charge in [0.2, 0.25) is 11.8 Å². The zero-order valence-corrected chi connectivity index (χ0v) is 17.1. The molecule has 0 aliphatic carbocycles. The Morgan fingerprint density at radius 2 is 1.90 bits per heavy atom. The van der Waals surface area contributed by atoms with Crippen LogP contribution in [0.15, 0.2) is 54.9 Å². The highest BCUT2D eigenvalue weighted by Gasteiger charge is 2.36. The van der Waals surface area contributed by atoms with Crippen LogP contribution in [0.2, 0.25) is 0 Å². The molecule has 7 heteroatoms. The summed E-state index contributed by atoms with van der Waals surface area (Å²) in [4.78, 5) is 31.5. The van der Waals surface area contributed by atoms with Crippen LogP contribution in [0.5, 0.6) is 0 Å². The first-order valence-electron chi connectivity index (χ1n) is 10.7. The highest BCUT2D eigenvalue weighted by Crippen LogP contribution is 2.24. The molecule has 158 valence electrons. The summed E-state index contributed by atoms with van der Waals surface area (Å²) in [5, 5.41) is 3.05. The second-order valence-electron chi connectivity index (χ2n) is 8.06. The van der Waals surface area contributed by atoms with E-state index in [-0.39, 0.29) is 29.8 Å². The molecule has 2 saturated heterocycles. The van der Waals surface area contributed by atoms with E-state index in [0.29, 0.717) is 26.1 Å². The lowest BCUT2D eigenvalue weighted by Gasteiger charge is -2.33. The van der Waals surface area contributed by atoms with Crippen LogP contribution in [-0.4, -0.2) is 47.4 Å². The van der Waals surface area contributed by atoms with Crippen molar-refractivity contribution < 1.29 is 9.59 Å². The van der Waals surface area contributed by atoms with Crippen LogP contribution in [0, 0.1) is 5.92 Å². The molecule has 2 amide bonds. The normalized spacial score (nSPS) is 23.9. The van der Waals surface area contributed by atoms with Gasteiger partial charge in [-0.1, -0.05) is 30.3 Å². The average molecular weight is 408 g/mol. The van der Waals surface area contributed by atoms with E-state index in [2.05, 4.69) is 33.3 Å². The molecule has 0 spiro atoms. The van der Waals surface area contributed by atoms with Crippen molar-refractivity contribution >= 4 is 11.8 Å². The number of pyridine rings is 1. The maximum atomic E-state index is 13.0. The SMILES string of the molecule is O=C(NCCc1ccccc1)C1CCCN(C(=O)C2CC(c3ccncc3)NN2)C1. The molecule has 2 aliphatic rings. The van der Waals surface area contributed by atoms with Crippen molar-refractivity contribution in [3.8, 4) is 0 Å². The van der Waals surface area contributed by atoms with E-state index in [4.69, 9.17) is 0 Å². The van der Waals surface area contributed by atoms with Crippen molar-refractivity contribution in [1.29, 1.82) is 0 Å². The number of benzene rings is 1. The van der Waals surface area contributed by atoms with Crippen molar-refractivity contribution in [2.75, 3.05) is 19.6 Å². The lowest BCUT2D eigenvalue weighted by Crippen LogP contribution is -2.51. The van der Waals surface area contributed by atoms with Crippen LogP contribution in [0.1, 0.15) is 36.4 Å². The zero-order valence-electron chi connectivity index (χ0n) is 17.1. The number of nitrogens with zero attached hydrogens (tertiary/aromatic N) is 2. The maximum Gasteiger partial charge on any atom is 0.241 e. The van der Waals surface area contributed by atoms with Gasteiger partial charge in [0.1, 0.15) is 6.04 Å². The molecule has 2 aliphatic heterocycles. The molecule has 2 fully saturated rings. The number of piperidine rings is 1. The van der Waals surface area contributed by atoms with Crippen LogP contribution in [0.4, 0.5) is 0 Å². The van der Waals surface area contributed by atoms with Gasteiger partial charge in [0.05, 0.1) is 5.92 Å². The largest absolute Gasteiger partial charge is 0.355 e. The Kier molecular flexibility index (Phi) is 6.71. The summed E-state index contributed by atoms with van der Waals surface area (Å²) < 4.78 is 0. The van der Waals surface area contributed by atoms with Gasteiger partial charge >= 0.3 is 0 Å². The molecular weight excluding hydrogens is 378 g/mol. The summed E-state index contributed by atoms with van der Waals surface area (Å²) in [6, 6.07) is 13.9. The summed E-state index contributed by atoms with van der Waals surface area (Å²) >= 11 is 0. The summed E-state index contributed by atoms with van der Waals surface area (Å²) in [6.07, 6.45) is 6.71. The van der Waals surface area contributed by atoms with E-state index in [1.165, 1.54) is 5.56 Å². The summed E-state index contributed by atoms with van der Waals surface area (Å²) in [5.41, 5.74) is 8.68. The van der Waals surface area contributed by atoms with Gasteiger partial charge in [0.25, 0.3) is 0 Å². The fourth-order valence-corrected chi connectivity index (χ4v) is 4.26. The third kappa shape index (κ3) is 5.04. The first kappa shape index (κ1) is 20.5. The van der Waals surface area contributed by atoms with Gasteiger partial charge in [-0.05, 0) is 48.9 Å². The highest BCUT2D eigenvalue weighted by atomic mass is 16.2. The molecule has 3 heterocycles. The number of hydrogen-bond donors (Lipinski definition) is 3. The van der Waals surface area contributed by atoms with Gasteiger partial charge in [-0.3, -0.25) is 14.6 Å². The van der Waals surface area contributed by atoms with Crippen LogP contribution >= 0.6 is 0 Å². The number of hydrazine groups is 1. The Hall–Kier alpha value is -2.77. The third-order valence-electron chi connectivity index (χ3n) is 5.97. The number of nitrogens with one attached hydrogen (secondary N) is 3. The van der Waals surface area contributed by atoms with Gasteiger partial charge in [-0.15, -0.1) is 0 Å². The van der Waals surface area contributed by atoms with E-state index in [1.807, 2.05) is 35.2 Å². The molecule has 3 unspecified atom stereocenters. The lowest BCUT2D eigenvalue weighted by atomic mass is 9.95. The van der Waals surface area contributed by atoms with E-state index in [9.17, 15) is 9.59 Å². The van der Waals surface area contributed by atoms with E-state index >= 15 is 0 Å². The molecule has 4 rings (SSSR count). The minimum Gasteiger partial charge on any atom is -0.355 e. The highest BCUT2D eigenvalue weighted by molar-refractivity contribution is 5.84. The number of carbonyl (C=O) groups excluding carboxylic acids is 2. The Balaban J connectivity index is 1.26. The molecule has 0 radical (unpaired) electrons. The summed E-state index contributed by atoms with van der Waals surface area (Å²) in [7, 11) is 0. The summed E-state index contributed by atoms with van der Waals surface area (Å²) in [6.45, 7) is 1.83. The maximum absolute atomic E-state index is 13.0. The topological polar surface area (TPSA) is 86.4 Å². The molecule has 3 atom stereocenters. The predicted molar refractivity (Wildman–Crippen MR) is 114 cm³/mol. The third-order valence-corrected chi connectivity index (χ3v) is 5.97. The first-order valence-corrected chi connectivity index (χ1v) is 10.7. The molecule has 3 N–H and O–H groups in total. The van der Waals surface area contributed by atoms with Crippen molar-refractivity contribution in [2.24, 2.45) is 5.92 Å². The van der Waals surface area contributed by atoms with Crippen molar-refractivity contribution in [1.82, 2.24) is 26.1 Å². The number of amides is 2.